The van der Waals surface area contributed by atoms with Crippen LogP contribution in [0, 0.1) is 0 Å². The van der Waals surface area contributed by atoms with Gasteiger partial charge < -0.3 is 14.2 Å². The van der Waals surface area contributed by atoms with E-state index in [0.29, 0.717) is 25.1 Å². The number of methoxy groups -OCH3 is 1. The highest BCUT2D eigenvalue weighted by Gasteiger charge is 2.38. The average molecular weight is 463 g/mol. The molecule has 0 saturated carbocycles. The topological polar surface area (TPSA) is 68.5 Å². The van der Waals surface area contributed by atoms with Crippen molar-refractivity contribution in [2.24, 2.45) is 0 Å². The number of thioether (sulfide) groups is 1. The van der Waals surface area contributed by atoms with E-state index in [2.05, 4.69) is 14.7 Å². The van der Waals surface area contributed by atoms with Crippen LogP contribution >= 0.6 is 11.8 Å². The molecule has 10 heteroatoms. The number of rotatable bonds is 6. The molecule has 1 aliphatic heterocycles. The van der Waals surface area contributed by atoms with Crippen LogP contribution < -0.4 is 4.74 Å². The lowest BCUT2D eigenvalue weighted by molar-refractivity contribution is -0.159. The van der Waals surface area contributed by atoms with E-state index in [1.165, 1.54) is 0 Å². The fourth-order valence-corrected chi connectivity index (χ4v) is 4.57. The molecule has 1 atom stereocenters. The van der Waals surface area contributed by atoms with E-state index in [-0.39, 0.29) is 17.0 Å². The third kappa shape index (κ3) is 5.24. The number of alkyl halides is 3. The Kier molecular flexibility index (Phi) is 6.40. The summed E-state index contributed by atoms with van der Waals surface area (Å²) in [7, 11) is 1.60. The molecule has 1 aliphatic rings. The highest BCUT2D eigenvalue weighted by molar-refractivity contribution is 8.00. The number of likely N-dealkylation sites (tertiary alicyclic amines) is 1. The van der Waals surface area contributed by atoms with Gasteiger partial charge >= 0.3 is 12.1 Å². The van der Waals surface area contributed by atoms with Gasteiger partial charge in [-0.25, -0.2) is 0 Å². The van der Waals surface area contributed by atoms with E-state index in [9.17, 15) is 18.0 Å². The van der Waals surface area contributed by atoms with Crippen molar-refractivity contribution in [2.45, 2.75) is 29.2 Å². The summed E-state index contributed by atoms with van der Waals surface area (Å²) in [6.45, 7) is 1.36. The van der Waals surface area contributed by atoms with Crippen molar-refractivity contribution in [2.75, 3.05) is 20.2 Å². The molecule has 3 aromatic rings. The van der Waals surface area contributed by atoms with Crippen LogP contribution in [0.3, 0.4) is 0 Å². The van der Waals surface area contributed by atoms with E-state index in [1.54, 1.807) is 31.0 Å². The number of carbonyl (C=O) groups excluding carboxylic acids is 1. The predicted octanol–water partition coefficient (Wildman–Crippen LogP) is 4.70. The molecule has 0 bridgehead atoms. The molecule has 1 fully saturated rings. The van der Waals surface area contributed by atoms with Crippen molar-refractivity contribution in [3.63, 3.8) is 0 Å². The van der Waals surface area contributed by atoms with E-state index in [1.807, 2.05) is 41.3 Å². The Hall–Kier alpha value is -3.01. The molecule has 2 heterocycles. The second kappa shape index (κ2) is 9.23. The monoisotopic (exact) mass is 463 g/mol. The fraction of sp³-hybridized carbons (Fsp3) is 0.318. The molecule has 1 aromatic heterocycles. The zero-order valence-electron chi connectivity index (χ0n) is 17.1. The minimum atomic E-state index is -4.67. The predicted molar refractivity (Wildman–Crippen MR) is 112 cm³/mol. The second-order valence-electron chi connectivity index (χ2n) is 7.34. The standard InChI is InChI=1S/C22H20F3N3O3S/c1-30-16-6-2-14(3-7-16)12-19(29)28-11-10-18(13-28)32-17-8-4-15(5-9-17)20-26-21(31-27-20)22(23,24)25/h2-9,18H,10-13H2,1H3/t18-/m0/s1. The number of nitrogens with zero attached hydrogens (tertiary/aromatic N) is 3. The Morgan fingerprint density at radius 2 is 1.91 bits per heavy atom. The average Bonchev–Trinajstić information content (AvgIpc) is 3.45. The van der Waals surface area contributed by atoms with Crippen LogP contribution in [0.4, 0.5) is 13.2 Å². The molecular formula is C22H20F3N3O3S. The van der Waals surface area contributed by atoms with Crippen LogP contribution in [-0.2, 0) is 17.4 Å². The Balaban J connectivity index is 1.31. The first kappa shape index (κ1) is 22.2. The maximum absolute atomic E-state index is 12.6. The van der Waals surface area contributed by atoms with Crippen LogP contribution in [0.25, 0.3) is 11.4 Å². The third-order valence-corrected chi connectivity index (χ3v) is 6.36. The molecule has 2 aromatic carbocycles. The van der Waals surface area contributed by atoms with Crippen molar-refractivity contribution in [3.8, 4) is 17.1 Å². The quantitative estimate of drug-likeness (QED) is 0.528. The van der Waals surface area contributed by atoms with Gasteiger partial charge in [-0.3, -0.25) is 4.79 Å². The minimum absolute atomic E-state index is 0.0891. The zero-order chi connectivity index (χ0) is 22.7. The van der Waals surface area contributed by atoms with E-state index >= 15 is 0 Å². The summed E-state index contributed by atoms with van der Waals surface area (Å²) in [6.07, 6.45) is -3.44. The van der Waals surface area contributed by atoms with Crippen molar-refractivity contribution in [1.29, 1.82) is 0 Å². The molecule has 0 spiro atoms. The number of hydrogen-bond acceptors (Lipinski definition) is 6. The van der Waals surface area contributed by atoms with Crippen LogP contribution in [0.5, 0.6) is 5.75 Å². The van der Waals surface area contributed by atoms with Crippen LogP contribution in [0.1, 0.15) is 17.9 Å². The van der Waals surface area contributed by atoms with Crippen molar-refractivity contribution < 1.29 is 27.2 Å². The third-order valence-electron chi connectivity index (χ3n) is 5.10. The van der Waals surface area contributed by atoms with Gasteiger partial charge in [0, 0.05) is 28.8 Å². The molecule has 0 radical (unpaired) electrons. The molecule has 0 N–H and O–H groups in total. The Labute approximate surface area is 186 Å². The summed E-state index contributed by atoms with van der Waals surface area (Å²) >= 11 is 1.64. The first-order valence-electron chi connectivity index (χ1n) is 9.90. The highest BCUT2D eigenvalue weighted by Crippen LogP contribution is 2.32. The number of carbonyl (C=O) groups is 1. The number of amides is 1. The first-order chi connectivity index (χ1) is 15.3. The number of ether oxygens (including phenoxy) is 1. The smallest absolute Gasteiger partial charge is 0.471 e. The van der Waals surface area contributed by atoms with E-state index < -0.39 is 12.1 Å². The van der Waals surface area contributed by atoms with Crippen molar-refractivity contribution >= 4 is 17.7 Å². The highest BCUT2D eigenvalue weighted by atomic mass is 32.2. The Morgan fingerprint density at radius 1 is 1.19 bits per heavy atom. The lowest BCUT2D eigenvalue weighted by Gasteiger charge is -2.16. The molecule has 168 valence electrons. The number of benzene rings is 2. The summed E-state index contributed by atoms with van der Waals surface area (Å²) in [6, 6.07) is 14.4. The summed E-state index contributed by atoms with van der Waals surface area (Å²) in [5.41, 5.74) is 1.38. The van der Waals surface area contributed by atoms with Crippen LogP contribution in [0.2, 0.25) is 0 Å². The molecule has 0 aliphatic carbocycles. The number of hydrogen-bond donors (Lipinski definition) is 0. The second-order valence-corrected chi connectivity index (χ2v) is 8.71. The SMILES string of the molecule is COc1ccc(CC(=O)N2CC[C@H](Sc3ccc(-c4noc(C(F)(F)F)n4)cc3)C2)cc1. The first-order valence-corrected chi connectivity index (χ1v) is 10.8. The Bertz CT molecular complexity index is 1070. The van der Waals surface area contributed by atoms with Gasteiger partial charge in [-0.15, -0.1) is 11.8 Å². The minimum Gasteiger partial charge on any atom is -0.497 e. The maximum Gasteiger partial charge on any atom is 0.471 e. The van der Waals surface area contributed by atoms with E-state index in [4.69, 9.17) is 4.74 Å². The lowest BCUT2D eigenvalue weighted by Crippen LogP contribution is -2.30. The summed E-state index contributed by atoms with van der Waals surface area (Å²) in [5, 5.41) is 3.65. The van der Waals surface area contributed by atoms with Gasteiger partial charge in [0.25, 0.3) is 0 Å². The largest absolute Gasteiger partial charge is 0.497 e. The van der Waals surface area contributed by atoms with Gasteiger partial charge in [-0.2, -0.15) is 18.2 Å². The van der Waals surface area contributed by atoms with Gasteiger partial charge in [0.1, 0.15) is 5.75 Å². The van der Waals surface area contributed by atoms with Crippen molar-refractivity contribution in [3.05, 3.63) is 60.0 Å². The Morgan fingerprint density at radius 3 is 2.53 bits per heavy atom. The van der Waals surface area contributed by atoms with Gasteiger partial charge in [0.15, 0.2) is 0 Å². The fourth-order valence-electron chi connectivity index (χ4n) is 3.41. The normalized spacial score (nSPS) is 16.4. The maximum atomic E-state index is 12.6. The molecule has 6 nitrogen and oxygen atoms in total. The van der Waals surface area contributed by atoms with Gasteiger partial charge in [-0.1, -0.05) is 17.3 Å². The summed E-state index contributed by atoms with van der Waals surface area (Å²) in [5.74, 6) is -0.627. The lowest BCUT2D eigenvalue weighted by atomic mass is 10.1. The van der Waals surface area contributed by atoms with Gasteiger partial charge in [0.2, 0.25) is 11.7 Å². The summed E-state index contributed by atoms with van der Waals surface area (Å²) < 4.78 is 47.3. The van der Waals surface area contributed by atoms with Crippen LogP contribution in [0.15, 0.2) is 57.9 Å². The van der Waals surface area contributed by atoms with Gasteiger partial charge in [0.05, 0.1) is 13.5 Å². The van der Waals surface area contributed by atoms with Crippen molar-refractivity contribution in [1.82, 2.24) is 15.0 Å². The molecular weight excluding hydrogens is 443 g/mol. The number of aromatic nitrogens is 2. The number of halogens is 3. The zero-order valence-corrected chi connectivity index (χ0v) is 17.9. The van der Waals surface area contributed by atoms with E-state index in [0.717, 1.165) is 22.6 Å². The molecule has 1 amide bonds. The summed E-state index contributed by atoms with van der Waals surface area (Å²) in [4.78, 5) is 18.9. The molecule has 4 rings (SSSR count). The van der Waals surface area contributed by atoms with Gasteiger partial charge in [-0.05, 0) is 48.4 Å². The molecule has 1 saturated heterocycles. The molecule has 32 heavy (non-hydrogen) atoms. The van der Waals surface area contributed by atoms with Crippen LogP contribution in [-0.4, -0.2) is 46.4 Å². The molecule has 0 unspecified atom stereocenters.